The Morgan fingerprint density at radius 3 is 1.65 bits per heavy atom. The molecule has 31 heavy (non-hydrogen) atoms. The molecule has 0 unspecified atom stereocenters. The molecule has 0 aromatic heterocycles. The van der Waals surface area contributed by atoms with Crippen molar-refractivity contribution in [2.75, 3.05) is 6.61 Å². The second-order valence-corrected chi connectivity index (χ2v) is 14.6. The highest BCUT2D eigenvalue weighted by Crippen LogP contribution is 2.46. The molecule has 0 aliphatic heterocycles. The fraction of sp³-hybridized carbons (Fsp3) is 0.920. The number of rotatable bonds is 6. The zero-order valence-corrected chi connectivity index (χ0v) is 20.6. The first-order valence-corrected chi connectivity index (χ1v) is 14.4. The first-order valence-electron chi connectivity index (χ1n) is 12.5. The zero-order chi connectivity index (χ0) is 22.5. The van der Waals surface area contributed by atoms with Gasteiger partial charge in [0.15, 0.2) is 0 Å². The molecule has 0 radical (unpaired) electrons. The number of esters is 1. The normalized spacial score (nSPS) is 27.1. The van der Waals surface area contributed by atoms with Gasteiger partial charge in [-0.2, -0.15) is 0 Å². The molecule has 3 fully saturated rings. The summed E-state index contributed by atoms with van der Waals surface area (Å²) in [7, 11) is -2.06. The molecule has 3 aliphatic rings. The molecule has 0 heterocycles. The second kappa shape index (κ2) is 11.1. The summed E-state index contributed by atoms with van der Waals surface area (Å²) in [4.78, 5) is 12.0. The van der Waals surface area contributed by atoms with Gasteiger partial charge < -0.3 is 9.47 Å². The summed E-state index contributed by atoms with van der Waals surface area (Å²) in [5.41, 5.74) is -0.518. The van der Waals surface area contributed by atoms with E-state index < -0.39 is 20.6 Å². The first kappa shape index (κ1) is 25.1. The lowest BCUT2D eigenvalue weighted by Crippen LogP contribution is -2.52. The van der Waals surface area contributed by atoms with E-state index in [4.69, 9.17) is 9.47 Å². The molecule has 6 heteroatoms. The third-order valence-corrected chi connectivity index (χ3v) is 12.8. The third-order valence-electron chi connectivity index (χ3n) is 7.50. The number of hydrogen-bond donors (Lipinski definition) is 0. The van der Waals surface area contributed by atoms with Gasteiger partial charge in [0.1, 0.15) is 12.2 Å². The molecule has 0 aromatic rings. The van der Waals surface area contributed by atoms with Crippen LogP contribution < -0.4 is 0 Å². The lowest BCUT2D eigenvalue weighted by molar-refractivity contribution is -0.162. The molecule has 0 atom stereocenters. The van der Waals surface area contributed by atoms with E-state index in [-0.39, 0.29) is 34.4 Å². The Morgan fingerprint density at radius 1 is 0.774 bits per heavy atom. The Labute approximate surface area is 188 Å². The van der Waals surface area contributed by atoms with Gasteiger partial charge in [-0.1, -0.05) is 22.5 Å². The van der Waals surface area contributed by atoms with Gasteiger partial charge in [-0.05, 0) is 97.8 Å². The van der Waals surface area contributed by atoms with E-state index in [1.165, 1.54) is 12.8 Å². The fourth-order valence-corrected chi connectivity index (χ4v) is 11.9. The quantitative estimate of drug-likeness (QED) is 0.196. The predicted octanol–water partition coefficient (Wildman–Crippen LogP) is 6.50. The standard InChI is InChI=1S/C25H43F2O3S/c1-25(2,3)30-23(28)18-29-19-14-16-22(17-15-19)31(24(26)27,20-10-6-4-7-11-20)21-12-8-5-9-13-21/h19-22H,4-18H2,1-3H3/q+1. The van der Waals surface area contributed by atoms with Gasteiger partial charge in [0.2, 0.25) is 0 Å². The number of hydrogen-bond acceptors (Lipinski definition) is 3. The number of halogens is 2. The highest BCUT2D eigenvalue weighted by atomic mass is 32.2. The molecule has 0 saturated heterocycles. The van der Waals surface area contributed by atoms with E-state index in [2.05, 4.69) is 0 Å². The summed E-state index contributed by atoms with van der Waals surface area (Å²) < 4.78 is 41.3. The summed E-state index contributed by atoms with van der Waals surface area (Å²) in [6, 6.07) is 0. The summed E-state index contributed by atoms with van der Waals surface area (Å²) in [5.74, 6) is -0.345. The minimum Gasteiger partial charge on any atom is -0.458 e. The predicted molar refractivity (Wildman–Crippen MR) is 126 cm³/mol. The van der Waals surface area contributed by atoms with Gasteiger partial charge >= 0.3 is 11.3 Å². The SMILES string of the molecule is CC(C)(C)OC(=O)COC1CCC([S+](=C(F)F)(C2CCCCC2)C2CCCCC2)CC1. The maximum absolute atomic E-state index is 15.1. The van der Waals surface area contributed by atoms with Crippen molar-refractivity contribution in [2.24, 2.45) is 0 Å². The van der Waals surface area contributed by atoms with Crippen molar-refractivity contribution in [3.63, 3.8) is 0 Å². The Hall–Kier alpha value is -0.490. The van der Waals surface area contributed by atoms with Crippen LogP contribution in [0.5, 0.6) is 0 Å². The van der Waals surface area contributed by atoms with Crippen LogP contribution in [0.1, 0.15) is 111 Å². The summed E-state index contributed by atoms with van der Waals surface area (Å²) in [6.07, 6.45) is 14.1. The fourth-order valence-electron chi connectivity index (χ4n) is 6.25. The van der Waals surface area contributed by atoms with Gasteiger partial charge in [0, 0.05) is 0 Å². The molecule has 3 nitrogen and oxygen atoms in total. The van der Waals surface area contributed by atoms with Crippen molar-refractivity contribution in [1.82, 2.24) is 0 Å². The van der Waals surface area contributed by atoms with E-state index in [1.54, 1.807) is 0 Å². The molecule has 3 aliphatic carbocycles. The minimum absolute atomic E-state index is 0.0127. The Morgan fingerprint density at radius 2 is 1.23 bits per heavy atom. The molecule has 180 valence electrons. The molecule has 0 bridgehead atoms. The highest BCUT2D eigenvalue weighted by molar-refractivity contribution is 8.14. The number of ether oxygens (including phenoxy) is 2. The molecule has 0 aromatic carbocycles. The smallest absolute Gasteiger partial charge is 0.421 e. The average molecular weight is 462 g/mol. The lowest BCUT2D eigenvalue weighted by atomic mass is 9.97. The van der Waals surface area contributed by atoms with Crippen LogP contribution >= 0.6 is 0 Å². The lowest BCUT2D eigenvalue weighted by Gasteiger charge is -2.44. The van der Waals surface area contributed by atoms with E-state index in [0.29, 0.717) is 0 Å². The Bertz CT molecular complexity index is 612. The van der Waals surface area contributed by atoms with E-state index in [0.717, 1.165) is 77.0 Å². The van der Waals surface area contributed by atoms with E-state index in [1.807, 2.05) is 20.8 Å². The Kier molecular flexibility index (Phi) is 8.99. The zero-order valence-electron chi connectivity index (χ0n) is 19.8. The van der Waals surface area contributed by atoms with Crippen LogP contribution in [0.25, 0.3) is 0 Å². The highest BCUT2D eigenvalue weighted by Gasteiger charge is 2.52. The third kappa shape index (κ3) is 6.31. The van der Waals surface area contributed by atoms with Crippen molar-refractivity contribution >= 4 is 21.0 Å². The van der Waals surface area contributed by atoms with Gasteiger partial charge in [-0.3, -0.25) is 0 Å². The molecule has 3 saturated carbocycles. The molecular weight excluding hydrogens is 418 g/mol. The minimum atomic E-state index is -2.06. The monoisotopic (exact) mass is 461 g/mol. The summed E-state index contributed by atoms with van der Waals surface area (Å²) >= 11 is 0. The summed E-state index contributed by atoms with van der Waals surface area (Å²) in [5, 5.41) is -0.619. The van der Waals surface area contributed by atoms with E-state index >= 15 is 8.78 Å². The van der Waals surface area contributed by atoms with Crippen molar-refractivity contribution in [3.05, 3.63) is 0 Å². The number of carbonyl (C=O) groups excluding carboxylic acids is 1. The maximum Gasteiger partial charge on any atom is 0.421 e. The molecule has 0 spiro atoms. The second-order valence-electron chi connectivity index (χ2n) is 10.8. The average Bonchev–Trinajstić information content (AvgIpc) is 2.74. The van der Waals surface area contributed by atoms with Gasteiger partial charge in [-0.15, -0.1) is 8.78 Å². The van der Waals surface area contributed by atoms with Crippen LogP contribution in [0.4, 0.5) is 8.78 Å². The van der Waals surface area contributed by atoms with Crippen molar-refractivity contribution in [3.8, 4) is 0 Å². The van der Waals surface area contributed by atoms with Crippen LogP contribution in [-0.2, 0) is 23.9 Å². The molecular formula is C25H43F2O3S+. The van der Waals surface area contributed by atoms with E-state index in [9.17, 15) is 4.79 Å². The molecule has 0 N–H and O–H groups in total. The van der Waals surface area contributed by atoms with Crippen molar-refractivity contribution < 1.29 is 23.0 Å². The topological polar surface area (TPSA) is 35.5 Å². The number of carbonyl (C=O) groups is 1. The van der Waals surface area contributed by atoms with Crippen LogP contribution in [0.2, 0.25) is 0 Å². The molecule has 0 amide bonds. The van der Waals surface area contributed by atoms with Crippen LogP contribution in [-0.4, -0.2) is 45.4 Å². The van der Waals surface area contributed by atoms with Gasteiger partial charge in [0.05, 0.1) is 21.9 Å². The largest absolute Gasteiger partial charge is 0.458 e. The van der Waals surface area contributed by atoms with Gasteiger partial charge in [-0.25, -0.2) is 4.79 Å². The van der Waals surface area contributed by atoms with Crippen molar-refractivity contribution in [1.29, 1.82) is 0 Å². The maximum atomic E-state index is 15.1. The molecule has 3 rings (SSSR count). The Balaban J connectivity index is 1.69. The first-order chi connectivity index (χ1) is 14.7. The van der Waals surface area contributed by atoms with Crippen LogP contribution in [0, 0.1) is 0 Å². The van der Waals surface area contributed by atoms with Crippen molar-refractivity contribution in [2.45, 2.75) is 138 Å². The van der Waals surface area contributed by atoms with Crippen LogP contribution in [0.3, 0.4) is 0 Å². The van der Waals surface area contributed by atoms with Gasteiger partial charge in [0.25, 0.3) is 0 Å². The summed E-state index contributed by atoms with van der Waals surface area (Å²) in [6.45, 7) is 5.49. The van der Waals surface area contributed by atoms with Crippen LogP contribution in [0.15, 0.2) is 0 Å².